The van der Waals surface area contributed by atoms with Gasteiger partial charge in [0.25, 0.3) is 0 Å². The largest absolute Gasteiger partial charge is 0.357 e. The van der Waals surface area contributed by atoms with Crippen LogP contribution in [0.15, 0.2) is 53.9 Å². The van der Waals surface area contributed by atoms with Gasteiger partial charge in [-0.05, 0) is 54.2 Å². The fraction of sp³-hybridized carbons (Fsp3) is 0.286. The van der Waals surface area contributed by atoms with Crippen LogP contribution in [0.25, 0.3) is 0 Å². The van der Waals surface area contributed by atoms with Gasteiger partial charge in [0.2, 0.25) is 0 Å². The van der Waals surface area contributed by atoms with Gasteiger partial charge in [0.1, 0.15) is 12.7 Å². The minimum atomic E-state index is -4.39. The van der Waals surface area contributed by atoms with E-state index in [2.05, 4.69) is 34.4 Å². The maximum Gasteiger partial charge on any atom is 0.357 e. The van der Waals surface area contributed by atoms with E-state index < -0.39 is 15.7 Å². The van der Waals surface area contributed by atoms with Crippen LogP contribution in [-0.4, -0.2) is 27.7 Å². The molecular weight excluding hydrogens is 470 g/mol. The van der Waals surface area contributed by atoms with Crippen LogP contribution in [0.1, 0.15) is 36.0 Å². The number of nitrogens with zero attached hydrogens (tertiary/aromatic N) is 4. The maximum atomic E-state index is 11.0. The molecule has 0 radical (unpaired) electrons. The quantitative estimate of drug-likeness (QED) is 0.354. The Kier molecular flexibility index (Phi) is 6.44. The molecule has 0 atom stereocenters. The predicted octanol–water partition coefficient (Wildman–Crippen LogP) is 4.43. The lowest BCUT2D eigenvalue weighted by atomic mass is 9.65. The zero-order chi connectivity index (χ0) is 22.8. The molecule has 0 unspecified atom stereocenters. The van der Waals surface area contributed by atoms with E-state index in [0.717, 1.165) is 40.8 Å². The van der Waals surface area contributed by atoms with Gasteiger partial charge >= 0.3 is 10.3 Å². The first-order valence-electron chi connectivity index (χ1n) is 9.81. The molecule has 1 fully saturated rings. The van der Waals surface area contributed by atoms with Crippen molar-refractivity contribution in [2.24, 2.45) is 0 Å². The maximum absolute atomic E-state index is 11.0. The van der Waals surface area contributed by atoms with Crippen LogP contribution >= 0.6 is 23.4 Å². The van der Waals surface area contributed by atoms with Crippen LogP contribution in [0, 0.1) is 11.3 Å². The van der Waals surface area contributed by atoms with Crippen LogP contribution in [0.4, 0.5) is 5.69 Å². The fourth-order valence-electron chi connectivity index (χ4n) is 3.68. The van der Waals surface area contributed by atoms with Crippen LogP contribution in [-0.2, 0) is 28.0 Å². The zero-order valence-electron chi connectivity index (χ0n) is 16.9. The zero-order valence-corrected chi connectivity index (χ0v) is 19.3. The molecule has 0 bridgehead atoms. The van der Waals surface area contributed by atoms with Crippen molar-refractivity contribution in [2.75, 3.05) is 4.72 Å². The van der Waals surface area contributed by atoms with Gasteiger partial charge in [-0.3, -0.25) is 9.27 Å². The van der Waals surface area contributed by atoms with Gasteiger partial charge in [-0.2, -0.15) is 18.8 Å². The van der Waals surface area contributed by atoms with E-state index in [-0.39, 0.29) is 10.7 Å². The molecule has 0 aliphatic heterocycles. The smallest absolute Gasteiger partial charge is 0.269 e. The highest BCUT2D eigenvalue weighted by atomic mass is 35.5. The Labute approximate surface area is 195 Å². The standard InChI is InChI=1S/C21H20ClN5O3S2/c22-19-9-18(2-3-20(19)26-32(28,29)30)31-11-16-6-15(10-27-14-24-13-25-27)7-17(8-16)21(12-23)4-1-5-21/h2-3,6-9,13-14,26H,1,4-5,10-11H2,(H,28,29,30). The second-order valence-corrected chi connectivity index (χ2v) is 10.3. The number of hydrogen-bond acceptors (Lipinski definition) is 6. The number of thioether (sulfide) groups is 1. The summed E-state index contributed by atoms with van der Waals surface area (Å²) in [5, 5.41) is 14.2. The molecule has 1 heterocycles. The number of hydrogen-bond donors (Lipinski definition) is 2. The minimum absolute atomic E-state index is 0.108. The first kappa shape index (κ1) is 22.6. The third-order valence-electron chi connectivity index (χ3n) is 5.42. The van der Waals surface area contributed by atoms with Crippen LogP contribution in [0.2, 0.25) is 5.02 Å². The van der Waals surface area contributed by atoms with Gasteiger partial charge in [-0.15, -0.1) is 11.8 Å². The van der Waals surface area contributed by atoms with Crippen molar-refractivity contribution in [2.45, 2.75) is 41.9 Å². The lowest BCUT2D eigenvalue weighted by Crippen LogP contribution is -2.32. The normalized spacial score (nSPS) is 15.0. The number of nitrogens with one attached hydrogen (secondary N) is 1. The number of rotatable bonds is 8. The first-order chi connectivity index (χ1) is 15.3. The van der Waals surface area contributed by atoms with E-state index >= 15 is 0 Å². The molecule has 0 spiro atoms. The van der Waals surface area contributed by atoms with Gasteiger partial charge in [0.15, 0.2) is 0 Å². The van der Waals surface area contributed by atoms with E-state index in [0.29, 0.717) is 12.3 Å². The molecule has 2 N–H and O–H groups in total. The Morgan fingerprint density at radius 3 is 2.62 bits per heavy atom. The summed E-state index contributed by atoms with van der Waals surface area (Å²) in [7, 11) is -4.39. The van der Waals surface area contributed by atoms with E-state index in [9.17, 15) is 13.7 Å². The van der Waals surface area contributed by atoms with Crippen molar-refractivity contribution in [3.05, 3.63) is 70.8 Å². The molecule has 32 heavy (non-hydrogen) atoms. The lowest BCUT2D eigenvalue weighted by Gasteiger charge is -2.36. The molecule has 1 aromatic heterocycles. The van der Waals surface area contributed by atoms with Crippen molar-refractivity contribution in [3.8, 4) is 6.07 Å². The summed E-state index contributed by atoms with van der Waals surface area (Å²) in [5.41, 5.74) is 2.84. The first-order valence-corrected chi connectivity index (χ1v) is 12.6. The molecule has 1 aliphatic carbocycles. The molecule has 8 nitrogen and oxygen atoms in total. The van der Waals surface area contributed by atoms with Gasteiger partial charge < -0.3 is 0 Å². The highest BCUT2D eigenvalue weighted by Crippen LogP contribution is 2.44. The van der Waals surface area contributed by atoms with Gasteiger partial charge in [-0.25, -0.2) is 9.67 Å². The predicted molar refractivity (Wildman–Crippen MR) is 123 cm³/mol. The summed E-state index contributed by atoms with van der Waals surface area (Å²) < 4.78 is 34.7. The third-order valence-corrected chi connectivity index (χ3v) is 7.28. The molecule has 0 saturated heterocycles. The average molecular weight is 490 g/mol. The van der Waals surface area contributed by atoms with Gasteiger partial charge in [0.05, 0.1) is 28.7 Å². The number of benzene rings is 2. The number of nitriles is 1. The van der Waals surface area contributed by atoms with E-state index in [1.807, 2.05) is 4.72 Å². The summed E-state index contributed by atoms with van der Waals surface area (Å²) in [6.07, 6.45) is 5.93. The van der Waals surface area contributed by atoms with Crippen molar-refractivity contribution in [1.82, 2.24) is 14.8 Å². The second kappa shape index (κ2) is 9.11. The Morgan fingerprint density at radius 2 is 2.03 bits per heavy atom. The van der Waals surface area contributed by atoms with Gasteiger partial charge in [-0.1, -0.05) is 29.8 Å². The molecule has 1 aliphatic rings. The van der Waals surface area contributed by atoms with Crippen LogP contribution < -0.4 is 4.72 Å². The van der Waals surface area contributed by atoms with E-state index in [1.165, 1.54) is 12.4 Å². The molecular formula is C21H20ClN5O3S2. The molecule has 11 heteroatoms. The topological polar surface area (TPSA) is 121 Å². The lowest BCUT2D eigenvalue weighted by molar-refractivity contribution is 0.323. The van der Waals surface area contributed by atoms with E-state index in [4.69, 9.17) is 16.2 Å². The molecule has 1 saturated carbocycles. The van der Waals surface area contributed by atoms with E-state index in [1.54, 1.807) is 34.9 Å². The summed E-state index contributed by atoms with van der Waals surface area (Å²) >= 11 is 7.69. The number of anilines is 1. The SMILES string of the molecule is N#CC1(c2cc(CSc3ccc(NS(=O)(=O)O)c(Cl)c3)cc(Cn3cncn3)c2)CCC1. The number of aromatic nitrogens is 3. The summed E-state index contributed by atoms with van der Waals surface area (Å²) in [5.74, 6) is 0.640. The highest BCUT2D eigenvalue weighted by molar-refractivity contribution is 7.98. The Morgan fingerprint density at radius 1 is 1.25 bits per heavy atom. The monoisotopic (exact) mass is 489 g/mol. The second-order valence-electron chi connectivity index (χ2n) is 7.69. The fourth-order valence-corrected chi connectivity index (χ4v) is 5.35. The summed E-state index contributed by atoms with van der Waals surface area (Å²) in [4.78, 5) is 4.84. The molecule has 4 rings (SSSR count). The third kappa shape index (κ3) is 5.24. The summed E-state index contributed by atoms with van der Waals surface area (Å²) in [6.45, 7) is 0.564. The van der Waals surface area contributed by atoms with Crippen LogP contribution in [0.3, 0.4) is 0 Å². The van der Waals surface area contributed by atoms with Crippen molar-refractivity contribution in [3.63, 3.8) is 0 Å². The highest BCUT2D eigenvalue weighted by Gasteiger charge is 2.39. The van der Waals surface area contributed by atoms with Crippen molar-refractivity contribution >= 4 is 39.4 Å². The van der Waals surface area contributed by atoms with Gasteiger partial charge in [0, 0.05) is 10.6 Å². The molecule has 0 amide bonds. The Hall–Kier alpha value is -2.58. The Balaban J connectivity index is 1.56. The average Bonchev–Trinajstić information content (AvgIpc) is 3.20. The molecule has 166 valence electrons. The minimum Gasteiger partial charge on any atom is -0.269 e. The number of halogens is 1. The van der Waals surface area contributed by atoms with Crippen molar-refractivity contribution < 1.29 is 13.0 Å². The summed E-state index contributed by atoms with van der Waals surface area (Å²) in [6, 6.07) is 13.7. The Bertz CT molecular complexity index is 1270. The molecule has 3 aromatic rings. The van der Waals surface area contributed by atoms with Crippen molar-refractivity contribution in [1.29, 1.82) is 5.26 Å². The molecule has 2 aromatic carbocycles. The van der Waals surface area contributed by atoms with Crippen LogP contribution in [0.5, 0.6) is 0 Å².